The van der Waals surface area contributed by atoms with Gasteiger partial charge in [0, 0.05) is 29.3 Å². The van der Waals surface area contributed by atoms with E-state index >= 15 is 0 Å². The highest BCUT2D eigenvalue weighted by Gasteiger charge is 2.36. The van der Waals surface area contributed by atoms with Crippen molar-refractivity contribution in [1.29, 1.82) is 0 Å². The zero-order chi connectivity index (χ0) is 14.8. The first-order chi connectivity index (χ1) is 9.45. The van der Waals surface area contributed by atoms with Gasteiger partial charge in [0.2, 0.25) is 0 Å². The molecule has 0 unspecified atom stereocenters. The molecular formula is C15H22BrN3O. The summed E-state index contributed by atoms with van der Waals surface area (Å²) in [5.41, 5.74) is 0.587. The van der Waals surface area contributed by atoms with Gasteiger partial charge in [0.1, 0.15) is 5.82 Å². The van der Waals surface area contributed by atoms with E-state index in [1.165, 1.54) is 0 Å². The van der Waals surface area contributed by atoms with E-state index in [1.807, 2.05) is 11.0 Å². The molecule has 1 aromatic heterocycles. The van der Waals surface area contributed by atoms with E-state index in [1.54, 1.807) is 6.20 Å². The van der Waals surface area contributed by atoms with Crippen LogP contribution in [0.3, 0.4) is 0 Å². The van der Waals surface area contributed by atoms with Crippen molar-refractivity contribution in [3.8, 4) is 0 Å². The Labute approximate surface area is 129 Å². The normalized spacial score (nSPS) is 17.3. The maximum Gasteiger partial charge on any atom is 0.258 e. The van der Waals surface area contributed by atoms with E-state index in [9.17, 15) is 4.79 Å². The minimum Gasteiger partial charge on any atom is -0.369 e. The molecule has 110 valence electrons. The maximum atomic E-state index is 12.8. The van der Waals surface area contributed by atoms with Gasteiger partial charge in [-0.3, -0.25) is 4.79 Å². The predicted octanol–water partition coefficient (Wildman–Crippen LogP) is 3.68. The SMILES string of the molecule is CCCNc1ncc(Br)cc1C(=O)N1CCCC1(C)C. The van der Waals surface area contributed by atoms with Crippen LogP contribution in [0.4, 0.5) is 5.82 Å². The number of hydrogen-bond acceptors (Lipinski definition) is 3. The van der Waals surface area contributed by atoms with Gasteiger partial charge < -0.3 is 10.2 Å². The number of nitrogens with zero attached hydrogens (tertiary/aromatic N) is 2. The van der Waals surface area contributed by atoms with Crippen LogP contribution in [-0.2, 0) is 0 Å². The highest BCUT2D eigenvalue weighted by atomic mass is 79.9. The molecule has 4 nitrogen and oxygen atoms in total. The van der Waals surface area contributed by atoms with Crippen LogP contribution in [-0.4, -0.2) is 34.4 Å². The van der Waals surface area contributed by atoms with Gasteiger partial charge in [0.05, 0.1) is 5.56 Å². The third-order valence-electron chi connectivity index (χ3n) is 3.77. The van der Waals surface area contributed by atoms with Crippen molar-refractivity contribution in [2.24, 2.45) is 0 Å². The minimum absolute atomic E-state index is 0.0680. The fraction of sp³-hybridized carbons (Fsp3) is 0.600. The molecule has 0 bridgehead atoms. The molecule has 1 N–H and O–H groups in total. The second-order valence-electron chi connectivity index (χ2n) is 5.85. The molecule has 1 aliphatic rings. The first-order valence-corrected chi connectivity index (χ1v) is 7.96. The topological polar surface area (TPSA) is 45.2 Å². The molecule has 0 aromatic carbocycles. The van der Waals surface area contributed by atoms with Crippen LogP contribution in [0.25, 0.3) is 0 Å². The lowest BCUT2D eigenvalue weighted by molar-refractivity contribution is 0.0652. The Hall–Kier alpha value is -1.10. The molecule has 5 heteroatoms. The Morgan fingerprint density at radius 1 is 1.55 bits per heavy atom. The summed E-state index contributed by atoms with van der Waals surface area (Å²) in [5, 5.41) is 3.24. The van der Waals surface area contributed by atoms with Crippen molar-refractivity contribution in [3.63, 3.8) is 0 Å². The number of hydrogen-bond donors (Lipinski definition) is 1. The standard InChI is InChI=1S/C15H22BrN3O/c1-4-7-17-13-12(9-11(16)10-18-13)14(20)19-8-5-6-15(19,2)3/h9-10H,4-8H2,1-3H3,(H,17,18). The van der Waals surface area contributed by atoms with Crippen molar-refractivity contribution in [2.45, 2.75) is 45.6 Å². The van der Waals surface area contributed by atoms with E-state index in [4.69, 9.17) is 0 Å². The molecule has 1 aliphatic heterocycles. The molecular weight excluding hydrogens is 318 g/mol. The third-order valence-corrected chi connectivity index (χ3v) is 4.21. The zero-order valence-electron chi connectivity index (χ0n) is 12.4. The molecule has 0 saturated carbocycles. The van der Waals surface area contributed by atoms with Crippen LogP contribution in [0.15, 0.2) is 16.7 Å². The van der Waals surface area contributed by atoms with Crippen LogP contribution in [0.1, 0.15) is 50.4 Å². The number of rotatable bonds is 4. The zero-order valence-corrected chi connectivity index (χ0v) is 14.0. The molecule has 1 saturated heterocycles. The second kappa shape index (κ2) is 6.12. The van der Waals surface area contributed by atoms with Gasteiger partial charge in [-0.1, -0.05) is 6.92 Å². The van der Waals surface area contributed by atoms with Gasteiger partial charge in [-0.2, -0.15) is 0 Å². The second-order valence-corrected chi connectivity index (χ2v) is 6.76. The molecule has 0 atom stereocenters. The number of likely N-dealkylation sites (tertiary alicyclic amines) is 1. The summed E-state index contributed by atoms with van der Waals surface area (Å²) in [5.74, 6) is 0.752. The summed E-state index contributed by atoms with van der Waals surface area (Å²) in [6.07, 6.45) is 4.85. The molecule has 1 fully saturated rings. The quantitative estimate of drug-likeness (QED) is 0.909. The van der Waals surface area contributed by atoms with E-state index in [-0.39, 0.29) is 11.4 Å². The molecule has 1 aromatic rings. The van der Waals surface area contributed by atoms with Crippen molar-refractivity contribution in [3.05, 3.63) is 22.3 Å². The van der Waals surface area contributed by atoms with Gasteiger partial charge in [-0.25, -0.2) is 4.98 Å². The fourth-order valence-corrected chi connectivity index (χ4v) is 2.95. The van der Waals surface area contributed by atoms with Gasteiger partial charge >= 0.3 is 0 Å². The van der Waals surface area contributed by atoms with Crippen molar-refractivity contribution in [2.75, 3.05) is 18.4 Å². The van der Waals surface area contributed by atoms with Gasteiger partial charge in [0.15, 0.2) is 0 Å². The molecule has 20 heavy (non-hydrogen) atoms. The predicted molar refractivity (Wildman–Crippen MR) is 85.1 cm³/mol. The van der Waals surface area contributed by atoms with Gasteiger partial charge in [0.25, 0.3) is 5.91 Å². The smallest absolute Gasteiger partial charge is 0.258 e. The highest BCUT2D eigenvalue weighted by Crippen LogP contribution is 2.31. The molecule has 2 heterocycles. The van der Waals surface area contributed by atoms with Crippen molar-refractivity contribution in [1.82, 2.24) is 9.88 Å². The number of nitrogens with one attached hydrogen (secondary N) is 1. The average molecular weight is 340 g/mol. The van der Waals surface area contributed by atoms with Crippen LogP contribution >= 0.6 is 15.9 Å². The summed E-state index contributed by atoms with van der Waals surface area (Å²) in [7, 11) is 0. The summed E-state index contributed by atoms with van der Waals surface area (Å²) in [4.78, 5) is 19.1. The van der Waals surface area contributed by atoms with Crippen LogP contribution in [0.5, 0.6) is 0 Å². The summed E-state index contributed by atoms with van der Waals surface area (Å²) >= 11 is 3.41. The van der Waals surface area contributed by atoms with E-state index in [0.717, 1.165) is 36.8 Å². The molecule has 1 amide bonds. The van der Waals surface area contributed by atoms with Crippen LogP contribution in [0.2, 0.25) is 0 Å². The Morgan fingerprint density at radius 2 is 2.30 bits per heavy atom. The first-order valence-electron chi connectivity index (χ1n) is 7.17. The number of anilines is 1. The molecule has 2 rings (SSSR count). The number of carbonyl (C=O) groups is 1. The summed E-state index contributed by atoms with van der Waals surface area (Å²) < 4.78 is 0.833. The number of carbonyl (C=O) groups excluding carboxylic acids is 1. The van der Waals surface area contributed by atoms with Crippen molar-refractivity contribution >= 4 is 27.7 Å². The Balaban J connectivity index is 2.30. The summed E-state index contributed by atoms with van der Waals surface area (Å²) in [6, 6.07) is 1.86. The monoisotopic (exact) mass is 339 g/mol. The maximum absolute atomic E-state index is 12.8. The largest absolute Gasteiger partial charge is 0.369 e. The first kappa shape index (κ1) is 15.3. The average Bonchev–Trinajstić information content (AvgIpc) is 2.76. The van der Waals surface area contributed by atoms with Gasteiger partial charge in [-0.05, 0) is 55.1 Å². The number of halogens is 1. The highest BCUT2D eigenvalue weighted by molar-refractivity contribution is 9.10. The van der Waals surface area contributed by atoms with Crippen LogP contribution < -0.4 is 5.32 Å². The Morgan fingerprint density at radius 3 is 2.90 bits per heavy atom. The number of pyridine rings is 1. The van der Waals surface area contributed by atoms with Crippen molar-refractivity contribution < 1.29 is 4.79 Å². The lowest BCUT2D eigenvalue weighted by atomic mass is 10.0. The molecule has 0 radical (unpaired) electrons. The summed E-state index contributed by atoms with van der Waals surface area (Å²) in [6.45, 7) is 7.99. The van der Waals surface area contributed by atoms with E-state index < -0.39 is 0 Å². The number of aromatic nitrogens is 1. The van der Waals surface area contributed by atoms with E-state index in [0.29, 0.717) is 11.4 Å². The lowest BCUT2D eigenvalue weighted by Crippen LogP contribution is -2.43. The molecule has 0 spiro atoms. The van der Waals surface area contributed by atoms with E-state index in [2.05, 4.69) is 47.0 Å². The minimum atomic E-state index is -0.0680. The third kappa shape index (κ3) is 3.14. The lowest BCUT2D eigenvalue weighted by Gasteiger charge is -2.32. The van der Waals surface area contributed by atoms with Gasteiger partial charge in [-0.15, -0.1) is 0 Å². The Kier molecular flexibility index (Phi) is 4.68. The van der Waals surface area contributed by atoms with Crippen LogP contribution in [0, 0.1) is 0 Å². The number of amides is 1. The molecule has 0 aliphatic carbocycles. The Bertz CT molecular complexity index is 502. The fourth-order valence-electron chi connectivity index (χ4n) is 2.62.